The smallest absolute Gasteiger partial charge is 0.208 e. The zero-order valence-electron chi connectivity index (χ0n) is 6.35. The Kier molecular flexibility index (Phi) is 4.59. The molecule has 5 heteroatoms. The lowest BCUT2D eigenvalue weighted by atomic mass is 10.6. The lowest BCUT2D eigenvalue weighted by molar-refractivity contribution is 0.583. The zero-order valence-corrected chi connectivity index (χ0v) is 7.16. The van der Waals surface area contributed by atoms with Gasteiger partial charge in [-0.15, -0.1) is 0 Å². The molecule has 4 nitrogen and oxygen atoms in total. The molecule has 0 aromatic rings. The van der Waals surface area contributed by atoms with Crippen LogP contribution in [0.1, 0.15) is 6.92 Å². The molecule has 10 heavy (non-hydrogen) atoms. The van der Waals surface area contributed by atoms with Crippen molar-refractivity contribution in [2.45, 2.75) is 6.92 Å². The maximum absolute atomic E-state index is 10.5. The molecule has 0 saturated carbocycles. The fourth-order valence-electron chi connectivity index (χ4n) is 0.502. The topological polar surface area (TPSA) is 58.2 Å². The third kappa shape index (κ3) is 7.87. The molecule has 0 bridgehead atoms. The van der Waals surface area contributed by atoms with Gasteiger partial charge in [-0.05, 0) is 6.54 Å². The molecule has 0 amide bonds. The van der Waals surface area contributed by atoms with Crippen LogP contribution < -0.4 is 10.0 Å². The molecular weight excluding hydrogens is 152 g/mol. The standard InChI is InChI=1S/C5H14N2O2S/c1-3-6-4-5-7-10(2,8)9/h6-7H,3-5H2,1-2H3. The first-order chi connectivity index (χ1) is 4.56. The summed E-state index contributed by atoms with van der Waals surface area (Å²) in [6.45, 7) is 3.99. The van der Waals surface area contributed by atoms with Gasteiger partial charge in [-0.1, -0.05) is 6.92 Å². The van der Waals surface area contributed by atoms with Crippen LogP contribution in [0.15, 0.2) is 0 Å². The van der Waals surface area contributed by atoms with Gasteiger partial charge >= 0.3 is 0 Å². The summed E-state index contributed by atoms with van der Waals surface area (Å²) in [6.07, 6.45) is 1.15. The van der Waals surface area contributed by atoms with Crippen molar-refractivity contribution in [1.29, 1.82) is 0 Å². The van der Waals surface area contributed by atoms with Gasteiger partial charge in [0.2, 0.25) is 10.0 Å². The zero-order chi connectivity index (χ0) is 8.04. The van der Waals surface area contributed by atoms with E-state index in [0.717, 1.165) is 12.8 Å². The van der Waals surface area contributed by atoms with Gasteiger partial charge in [-0.3, -0.25) is 0 Å². The fraction of sp³-hybridized carbons (Fsp3) is 1.00. The van der Waals surface area contributed by atoms with Crippen molar-refractivity contribution >= 4 is 10.0 Å². The van der Waals surface area contributed by atoms with E-state index in [1.807, 2.05) is 6.92 Å². The molecule has 0 aromatic carbocycles. The second kappa shape index (κ2) is 4.65. The predicted octanol–water partition coefficient (Wildman–Crippen LogP) is -0.855. The third-order valence-electron chi connectivity index (χ3n) is 0.916. The van der Waals surface area contributed by atoms with Gasteiger partial charge in [-0.25, -0.2) is 13.1 Å². The monoisotopic (exact) mass is 166 g/mol. The Morgan fingerprint density at radius 2 is 1.90 bits per heavy atom. The summed E-state index contributed by atoms with van der Waals surface area (Å²) in [7, 11) is -2.99. The molecule has 0 heterocycles. The van der Waals surface area contributed by atoms with Crippen molar-refractivity contribution in [3.63, 3.8) is 0 Å². The Hall–Kier alpha value is -0.130. The lowest BCUT2D eigenvalue weighted by Gasteiger charge is -2.01. The maximum atomic E-state index is 10.5. The van der Waals surface area contributed by atoms with Crippen LogP contribution in [0.4, 0.5) is 0 Å². The van der Waals surface area contributed by atoms with E-state index < -0.39 is 10.0 Å². The van der Waals surface area contributed by atoms with E-state index in [1.165, 1.54) is 0 Å². The van der Waals surface area contributed by atoms with Gasteiger partial charge in [0.25, 0.3) is 0 Å². The summed E-state index contributed by atoms with van der Waals surface area (Å²) in [5.41, 5.74) is 0. The molecule has 0 aromatic heterocycles. The van der Waals surface area contributed by atoms with Crippen LogP contribution in [-0.4, -0.2) is 34.3 Å². The van der Waals surface area contributed by atoms with E-state index in [-0.39, 0.29) is 0 Å². The van der Waals surface area contributed by atoms with E-state index in [9.17, 15) is 8.42 Å². The highest BCUT2D eigenvalue weighted by atomic mass is 32.2. The van der Waals surface area contributed by atoms with Crippen LogP contribution >= 0.6 is 0 Å². The first kappa shape index (κ1) is 9.87. The van der Waals surface area contributed by atoms with Gasteiger partial charge in [-0.2, -0.15) is 0 Å². The molecule has 0 saturated heterocycles. The molecule has 2 N–H and O–H groups in total. The summed E-state index contributed by atoms with van der Waals surface area (Å²) in [5.74, 6) is 0. The predicted molar refractivity (Wildman–Crippen MR) is 41.4 cm³/mol. The lowest BCUT2D eigenvalue weighted by Crippen LogP contribution is -2.30. The normalized spacial score (nSPS) is 11.8. The van der Waals surface area contributed by atoms with Crippen molar-refractivity contribution in [3.05, 3.63) is 0 Å². The molecule has 0 aliphatic rings. The van der Waals surface area contributed by atoms with E-state index in [0.29, 0.717) is 13.1 Å². The maximum Gasteiger partial charge on any atom is 0.208 e. The van der Waals surface area contributed by atoms with Crippen LogP contribution in [0.25, 0.3) is 0 Å². The molecule has 0 radical (unpaired) electrons. The summed E-state index contributed by atoms with van der Waals surface area (Å²) >= 11 is 0. The highest BCUT2D eigenvalue weighted by molar-refractivity contribution is 7.88. The SMILES string of the molecule is CCNCCNS(C)(=O)=O. The Morgan fingerprint density at radius 3 is 2.30 bits per heavy atom. The number of nitrogens with one attached hydrogen (secondary N) is 2. The summed E-state index contributed by atoms with van der Waals surface area (Å²) < 4.78 is 23.3. The van der Waals surface area contributed by atoms with Gasteiger partial charge in [0.05, 0.1) is 6.26 Å². The summed E-state index contributed by atoms with van der Waals surface area (Å²) in [6, 6.07) is 0. The molecule has 0 fully saturated rings. The van der Waals surface area contributed by atoms with Gasteiger partial charge < -0.3 is 5.32 Å². The second-order valence-corrected chi connectivity index (χ2v) is 3.85. The second-order valence-electron chi connectivity index (χ2n) is 2.02. The summed E-state index contributed by atoms with van der Waals surface area (Å²) in [5, 5.41) is 2.99. The van der Waals surface area contributed by atoms with Gasteiger partial charge in [0.1, 0.15) is 0 Å². The Bertz CT molecular complexity index is 164. The highest BCUT2D eigenvalue weighted by Gasteiger charge is 1.96. The van der Waals surface area contributed by atoms with E-state index in [1.54, 1.807) is 0 Å². The first-order valence-electron chi connectivity index (χ1n) is 3.21. The largest absolute Gasteiger partial charge is 0.316 e. The minimum Gasteiger partial charge on any atom is -0.316 e. The molecule has 0 spiro atoms. The quantitative estimate of drug-likeness (QED) is 0.523. The van der Waals surface area contributed by atoms with Gasteiger partial charge in [0, 0.05) is 13.1 Å². The molecule has 0 rings (SSSR count). The first-order valence-corrected chi connectivity index (χ1v) is 5.10. The molecule has 0 atom stereocenters. The molecule has 0 aliphatic heterocycles. The number of likely N-dealkylation sites (N-methyl/N-ethyl adjacent to an activating group) is 1. The Balaban J connectivity index is 3.21. The fourth-order valence-corrected chi connectivity index (χ4v) is 0.974. The van der Waals surface area contributed by atoms with Crippen molar-refractivity contribution in [3.8, 4) is 0 Å². The minimum absolute atomic E-state index is 0.465. The number of hydrogen-bond donors (Lipinski definition) is 2. The van der Waals surface area contributed by atoms with Crippen molar-refractivity contribution in [2.24, 2.45) is 0 Å². The molecule has 62 valence electrons. The van der Waals surface area contributed by atoms with Crippen molar-refractivity contribution in [1.82, 2.24) is 10.0 Å². The molecule has 0 unspecified atom stereocenters. The highest BCUT2D eigenvalue weighted by Crippen LogP contribution is 1.69. The minimum atomic E-state index is -2.99. The van der Waals surface area contributed by atoms with Crippen LogP contribution in [0.5, 0.6) is 0 Å². The van der Waals surface area contributed by atoms with E-state index in [2.05, 4.69) is 10.0 Å². The van der Waals surface area contributed by atoms with Crippen LogP contribution in [0, 0.1) is 0 Å². The Labute approximate surface area is 62.1 Å². The average molecular weight is 166 g/mol. The molecular formula is C5H14N2O2S. The summed E-state index contributed by atoms with van der Waals surface area (Å²) in [4.78, 5) is 0. The van der Waals surface area contributed by atoms with Crippen LogP contribution in [0.2, 0.25) is 0 Å². The van der Waals surface area contributed by atoms with Crippen LogP contribution in [-0.2, 0) is 10.0 Å². The third-order valence-corrected chi connectivity index (χ3v) is 1.64. The molecule has 0 aliphatic carbocycles. The van der Waals surface area contributed by atoms with E-state index in [4.69, 9.17) is 0 Å². The van der Waals surface area contributed by atoms with Gasteiger partial charge in [0.15, 0.2) is 0 Å². The van der Waals surface area contributed by atoms with Crippen molar-refractivity contribution in [2.75, 3.05) is 25.9 Å². The van der Waals surface area contributed by atoms with Crippen LogP contribution in [0.3, 0.4) is 0 Å². The Morgan fingerprint density at radius 1 is 1.30 bits per heavy atom. The van der Waals surface area contributed by atoms with E-state index >= 15 is 0 Å². The average Bonchev–Trinajstić information content (AvgIpc) is 1.78. The van der Waals surface area contributed by atoms with Crippen molar-refractivity contribution < 1.29 is 8.42 Å². The number of rotatable bonds is 5. The number of hydrogen-bond acceptors (Lipinski definition) is 3. The number of sulfonamides is 1.